The molecule has 0 atom stereocenters. The number of aromatic nitrogens is 1. The Morgan fingerprint density at radius 3 is 2.65 bits per heavy atom. The van der Waals surface area contributed by atoms with Crippen molar-refractivity contribution in [1.82, 2.24) is 9.88 Å². The Kier molecular flexibility index (Phi) is 5.57. The summed E-state index contributed by atoms with van der Waals surface area (Å²) < 4.78 is 0. The highest BCUT2D eigenvalue weighted by molar-refractivity contribution is 6.29. The largest absolute Gasteiger partial charge is 0.294 e. The lowest BCUT2D eigenvalue weighted by molar-refractivity contribution is 0.245. The second kappa shape index (κ2) is 7.41. The van der Waals surface area contributed by atoms with Crippen LogP contribution in [-0.2, 0) is 19.5 Å². The summed E-state index contributed by atoms with van der Waals surface area (Å²) in [6, 6.07) is 12.6. The summed E-state index contributed by atoms with van der Waals surface area (Å²) in [6.07, 6.45) is 2.98. The SMILES string of the molecule is CC.Clc1cc2c(cn1)CCN(Cc1ccccc1)C2. The quantitative estimate of drug-likeness (QED) is 0.765. The van der Waals surface area contributed by atoms with Gasteiger partial charge in [-0.2, -0.15) is 0 Å². The van der Waals surface area contributed by atoms with Gasteiger partial charge >= 0.3 is 0 Å². The molecule has 0 unspecified atom stereocenters. The van der Waals surface area contributed by atoms with Crippen LogP contribution in [0.5, 0.6) is 0 Å². The second-order valence-corrected chi connectivity index (χ2v) is 5.11. The maximum atomic E-state index is 5.95. The summed E-state index contributed by atoms with van der Waals surface area (Å²) in [6.45, 7) is 7.05. The summed E-state index contributed by atoms with van der Waals surface area (Å²) in [5.74, 6) is 0. The minimum atomic E-state index is 0.593. The van der Waals surface area contributed by atoms with Crippen molar-refractivity contribution >= 4 is 11.6 Å². The van der Waals surface area contributed by atoms with Gasteiger partial charge < -0.3 is 0 Å². The molecule has 2 aromatic rings. The number of benzene rings is 1. The molecule has 1 aromatic heterocycles. The van der Waals surface area contributed by atoms with Crippen molar-refractivity contribution in [3.8, 4) is 0 Å². The maximum Gasteiger partial charge on any atom is 0.129 e. The first kappa shape index (κ1) is 15.0. The van der Waals surface area contributed by atoms with E-state index >= 15 is 0 Å². The summed E-state index contributed by atoms with van der Waals surface area (Å²) in [4.78, 5) is 6.60. The van der Waals surface area contributed by atoms with E-state index in [0.717, 1.165) is 26.1 Å². The highest BCUT2D eigenvalue weighted by atomic mass is 35.5. The van der Waals surface area contributed by atoms with E-state index in [2.05, 4.69) is 40.2 Å². The summed E-state index contributed by atoms with van der Waals surface area (Å²) >= 11 is 5.95. The predicted octanol–water partition coefficient (Wildman–Crippen LogP) is 4.32. The van der Waals surface area contributed by atoms with Crippen molar-refractivity contribution in [2.24, 2.45) is 0 Å². The molecule has 2 nitrogen and oxygen atoms in total. The molecule has 0 fully saturated rings. The van der Waals surface area contributed by atoms with Crippen molar-refractivity contribution in [1.29, 1.82) is 0 Å². The van der Waals surface area contributed by atoms with Crippen LogP contribution in [0.25, 0.3) is 0 Å². The standard InChI is InChI=1S/C15H15ClN2.C2H6/c16-15-8-14-11-18(7-6-13(14)9-17-15)10-12-4-2-1-3-5-12;1-2/h1-5,8-9H,6-7,10-11H2;1-2H3. The van der Waals surface area contributed by atoms with Crippen molar-refractivity contribution in [3.63, 3.8) is 0 Å². The number of rotatable bonds is 2. The van der Waals surface area contributed by atoms with Crippen LogP contribution in [0.4, 0.5) is 0 Å². The second-order valence-electron chi connectivity index (χ2n) is 4.72. The van der Waals surface area contributed by atoms with Crippen LogP contribution in [0, 0.1) is 0 Å². The third kappa shape index (κ3) is 3.81. The van der Waals surface area contributed by atoms with E-state index in [-0.39, 0.29) is 0 Å². The monoisotopic (exact) mass is 288 g/mol. The van der Waals surface area contributed by atoms with E-state index in [1.54, 1.807) is 0 Å². The number of fused-ring (bicyclic) bond motifs is 1. The molecule has 0 amide bonds. The number of halogens is 1. The third-order valence-corrected chi connectivity index (χ3v) is 3.60. The number of nitrogens with zero attached hydrogens (tertiary/aromatic N) is 2. The lowest BCUT2D eigenvalue weighted by atomic mass is 10.0. The van der Waals surface area contributed by atoms with E-state index in [0.29, 0.717) is 5.15 Å². The van der Waals surface area contributed by atoms with Crippen LogP contribution >= 0.6 is 11.6 Å². The molecule has 2 heterocycles. The van der Waals surface area contributed by atoms with E-state index in [1.807, 2.05) is 26.1 Å². The zero-order valence-corrected chi connectivity index (χ0v) is 12.9. The summed E-state index contributed by atoms with van der Waals surface area (Å²) in [7, 11) is 0. The topological polar surface area (TPSA) is 16.1 Å². The van der Waals surface area contributed by atoms with Gasteiger partial charge in [0.25, 0.3) is 0 Å². The van der Waals surface area contributed by atoms with Crippen LogP contribution in [0.2, 0.25) is 5.15 Å². The molecule has 0 radical (unpaired) electrons. The van der Waals surface area contributed by atoms with Crippen molar-refractivity contribution in [2.45, 2.75) is 33.4 Å². The predicted molar refractivity (Wildman–Crippen MR) is 84.9 cm³/mol. The van der Waals surface area contributed by atoms with Crippen molar-refractivity contribution in [3.05, 3.63) is 64.4 Å². The normalized spacial score (nSPS) is 14.2. The van der Waals surface area contributed by atoms with Crippen LogP contribution in [0.1, 0.15) is 30.5 Å². The number of hydrogen-bond donors (Lipinski definition) is 0. The van der Waals surface area contributed by atoms with E-state index in [1.165, 1.54) is 16.7 Å². The fourth-order valence-corrected chi connectivity index (χ4v) is 2.62. The molecule has 0 saturated heterocycles. The summed E-state index contributed by atoms with van der Waals surface area (Å²) in [5.41, 5.74) is 4.02. The molecular weight excluding hydrogens is 268 g/mol. The van der Waals surface area contributed by atoms with Gasteiger partial charge in [-0.25, -0.2) is 4.98 Å². The summed E-state index contributed by atoms with van der Waals surface area (Å²) in [5, 5.41) is 0.593. The Hall–Kier alpha value is -1.38. The highest BCUT2D eigenvalue weighted by Gasteiger charge is 2.16. The Morgan fingerprint density at radius 2 is 1.90 bits per heavy atom. The van der Waals surface area contributed by atoms with Gasteiger partial charge in [-0.05, 0) is 29.2 Å². The zero-order valence-electron chi connectivity index (χ0n) is 12.1. The Balaban J connectivity index is 0.000000704. The van der Waals surface area contributed by atoms with Gasteiger partial charge in [0, 0.05) is 25.8 Å². The van der Waals surface area contributed by atoms with E-state index in [9.17, 15) is 0 Å². The van der Waals surface area contributed by atoms with Gasteiger partial charge in [0.05, 0.1) is 0 Å². The highest BCUT2D eigenvalue weighted by Crippen LogP contribution is 2.21. The van der Waals surface area contributed by atoms with Gasteiger partial charge in [-0.3, -0.25) is 4.90 Å². The van der Waals surface area contributed by atoms with Gasteiger partial charge in [0.15, 0.2) is 0 Å². The molecule has 3 heteroatoms. The number of hydrogen-bond acceptors (Lipinski definition) is 2. The molecule has 3 rings (SSSR count). The van der Waals surface area contributed by atoms with Crippen LogP contribution in [0.15, 0.2) is 42.6 Å². The number of pyridine rings is 1. The average molecular weight is 289 g/mol. The van der Waals surface area contributed by atoms with Gasteiger partial charge in [-0.15, -0.1) is 0 Å². The fourth-order valence-electron chi connectivity index (χ4n) is 2.44. The van der Waals surface area contributed by atoms with Gasteiger partial charge in [0.1, 0.15) is 5.15 Å². The van der Waals surface area contributed by atoms with Crippen LogP contribution in [0.3, 0.4) is 0 Å². The molecule has 0 aliphatic carbocycles. The minimum absolute atomic E-state index is 0.593. The zero-order chi connectivity index (χ0) is 14.4. The van der Waals surface area contributed by atoms with E-state index in [4.69, 9.17) is 11.6 Å². The average Bonchev–Trinajstić information content (AvgIpc) is 2.50. The minimum Gasteiger partial charge on any atom is -0.294 e. The molecule has 1 aromatic carbocycles. The Morgan fingerprint density at radius 1 is 1.15 bits per heavy atom. The van der Waals surface area contributed by atoms with Gasteiger partial charge in [0.2, 0.25) is 0 Å². The third-order valence-electron chi connectivity index (χ3n) is 3.39. The molecule has 0 bridgehead atoms. The van der Waals surface area contributed by atoms with Crippen molar-refractivity contribution < 1.29 is 0 Å². The molecule has 20 heavy (non-hydrogen) atoms. The van der Waals surface area contributed by atoms with Crippen LogP contribution in [-0.4, -0.2) is 16.4 Å². The molecule has 0 spiro atoms. The van der Waals surface area contributed by atoms with E-state index < -0.39 is 0 Å². The lowest BCUT2D eigenvalue weighted by Crippen LogP contribution is -2.30. The molecule has 0 N–H and O–H groups in total. The first-order valence-corrected chi connectivity index (χ1v) is 7.58. The Bertz CT molecular complexity index is 540. The molecule has 0 saturated carbocycles. The molecule has 106 valence electrons. The molecule has 1 aliphatic rings. The lowest BCUT2D eigenvalue weighted by Gasteiger charge is -2.28. The first-order chi connectivity index (χ1) is 9.81. The smallest absolute Gasteiger partial charge is 0.129 e. The van der Waals surface area contributed by atoms with Crippen LogP contribution < -0.4 is 0 Å². The first-order valence-electron chi connectivity index (χ1n) is 7.21. The van der Waals surface area contributed by atoms with Gasteiger partial charge in [-0.1, -0.05) is 55.8 Å². The fraction of sp³-hybridized carbons (Fsp3) is 0.353. The molecular formula is C17H21ClN2. The maximum absolute atomic E-state index is 5.95. The Labute approximate surface area is 126 Å². The van der Waals surface area contributed by atoms with Crippen molar-refractivity contribution in [2.75, 3.05) is 6.54 Å². The molecule has 1 aliphatic heterocycles.